The van der Waals surface area contributed by atoms with E-state index in [1.54, 1.807) is 24.5 Å². The molecule has 4 heterocycles. The van der Waals surface area contributed by atoms with Crippen LogP contribution in [0.2, 0.25) is 5.02 Å². The molecule has 214 valence electrons. The summed E-state index contributed by atoms with van der Waals surface area (Å²) in [5.41, 5.74) is -0.0120. The molecule has 13 heteroatoms. The Hall–Kier alpha value is -2.82. The number of nitrogens with zero attached hydrogens (tertiary/aromatic N) is 5. The third-order valence-electron chi connectivity index (χ3n) is 7.79. The smallest absolute Gasteiger partial charge is 0.223 e. The zero-order valence-corrected chi connectivity index (χ0v) is 24.4. The van der Waals surface area contributed by atoms with Crippen LogP contribution in [0.25, 0.3) is 22.2 Å². The summed E-state index contributed by atoms with van der Waals surface area (Å²) < 4.78 is 43.4. The Morgan fingerprint density at radius 1 is 1.30 bits per heavy atom. The molecule has 3 N–H and O–H groups in total. The van der Waals surface area contributed by atoms with E-state index >= 15 is 4.39 Å². The number of hydrogen-bond donors (Lipinski definition) is 3. The summed E-state index contributed by atoms with van der Waals surface area (Å²) in [6.07, 6.45) is 3.17. The second-order valence-electron chi connectivity index (χ2n) is 11.5. The van der Waals surface area contributed by atoms with Crippen molar-refractivity contribution in [2.24, 2.45) is 0 Å². The maximum Gasteiger partial charge on any atom is 0.223 e. The molecule has 5 rings (SSSR count). The zero-order valence-electron chi connectivity index (χ0n) is 22.9. The van der Waals surface area contributed by atoms with Crippen molar-refractivity contribution >= 4 is 38.5 Å². The first-order valence-electron chi connectivity index (χ1n) is 13.1. The Bertz CT molecular complexity index is 1650. The summed E-state index contributed by atoms with van der Waals surface area (Å²) in [7, 11) is -3.46. The van der Waals surface area contributed by atoms with Gasteiger partial charge in [-0.2, -0.15) is 9.57 Å². The van der Waals surface area contributed by atoms with Crippen molar-refractivity contribution < 1.29 is 23.0 Å². The summed E-state index contributed by atoms with van der Waals surface area (Å²) in [5, 5.41) is 35.2. The van der Waals surface area contributed by atoms with Crippen LogP contribution in [0.5, 0.6) is 0 Å². The third kappa shape index (κ3) is 4.73. The predicted molar refractivity (Wildman–Crippen MR) is 150 cm³/mol. The molecule has 2 aliphatic rings. The molecule has 0 spiro atoms. The average Bonchev–Trinajstić information content (AvgIpc) is 3.39. The Kier molecular flexibility index (Phi) is 7.12. The number of halogens is 2. The van der Waals surface area contributed by atoms with E-state index in [0.29, 0.717) is 36.0 Å². The molecule has 2 fully saturated rings. The van der Waals surface area contributed by atoms with Crippen molar-refractivity contribution in [3.63, 3.8) is 0 Å². The van der Waals surface area contributed by atoms with E-state index in [0.717, 1.165) is 6.26 Å². The van der Waals surface area contributed by atoms with Crippen molar-refractivity contribution in [1.29, 1.82) is 5.26 Å². The van der Waals surface area contributed by atoms with Gasteiger partial charge in [-0.05, 0) is 59.1 Å². The minimum atomic E-state index is -3.46. The summed E-state index contributed by atoms with van der Waals surface area (Å²) in [6, 6.07) is 3.55. The highest BCUT2D eigenvalue weighted by atomic mass is 35.5. The molecule has 0 amide bonds. The van der Waals surface area contributed by atoms with Gasteiger partial charge in [-0.1, -0.05) is 11.6 Å². The quantitative estimate of drug-likeness (QED) is 0.392. The lowest BCUT2D eigenvalue weighted by Crippen LogP contribution is -2.58. The van der Waals surface area contributed by atoms with Gasteiger partial charge in [0.2, 0.25) is 16.0 Å². The normalized spacial score (nSPS) is 23.6. The molecule has 0 radical (unpaired) electrons. The van der Waals surface area contributed by atoms with Crippen LogP contribution in [0.15, 0.2) is 18.3 Å². The molecular weight excluding hydrogens is 559 g/mol. The van der Waals surface area contributed by atoms with E-state index in [-0.39, 0.29) is 39.7 Å². The summed E-state index contributed by atoms with van der Waals surface area (Å²) in [4.78, 5) is 8.80. The van der Waals surface area contributed by atoms with Gasteiger partial charge in [-0.3, -0.25) is 0 Å². The fourth-order valence-corrected chi connectivity index (χ4v) is 8.02. The summed E-state index contributed by atoms with van der Waals surface area (Å²) in [6.45, 7) is 6.88. The Labute approximate surface area is 237 Å². The van der Waals surface area contributed by atoms with Gasteiger partial charge < -0.3 is 20.1 Å². The predicted octanol–water partition coefficient (Wildman–Crippen LogP) is 3.91. The summed E-state index contributed by atoms with van der Waals surface area (Å²) in [5.74, 6) is -0.497. The number of aliphatic hydroxyl groups excluding tert-OH is 1. The van der Waals surface area contributed by atoms with Crippen molar-refractivity contribution in [1.82, 2.24) is 18.8 Å². The van der Waals surface area contributed by atoms with Crippen molar-refractivity contribution in [2.75, 3.05) is 11.6 Å². The van der Waals surface area contributed by atoms with Crippen LogP contribution in [-0.4, -0.2) is 68.0 Å². The van der Waals surface area contributed by atoms with Crippen LogP contribution in [0, 0.1) is 17.1 Å². The van der Waals surface area contributed by atoms with E-state index in [4.69, 9.17) is 11.6 Å². The van der Waals surface area contributed by atoms with Crippen LogP contribution in [0.4, 0.5) is 10.3 Å². The molecule has 3 aromatic rings. The van der Waals surface area contributed by atoms with Gasteiger partial charge in [0, 0.05) is 17.6 Å². The molecule has 0 unspecified atom stereocenters. The Balaban J connectivity index is 1.56. The average molecular weight is 591 g/mol. The van der Waals surface area contributed by atoms with E-state index in [9.17, 15) is 23.9 Å². The van der Waals surface area contributed by atoms with Crippen LogP contribution in [-0.2, 0) is 15.6 Å². The standard InChI is InChI=1S/C27H32ClFN6O4S/c1-13(2)34-21-9-14(8-18(29)22(21)16(11-30)25(34)27(3,4)37)23-17(28)12-31-26(33-23)32-19-10-15-6-7-20(24(19)36)35(15)40(5,38)39/h8-9,12-13,15,19-20,24,36-37H,6-7,10H2,1-5H3,(H,31,32,33)/t15-,19-,20+,24+/m1/s1. The largest absolute Gasteiger partial charge is 0.389 e. The Morgan fingerprint density at radius 2 is 2.00 bits per heavy atom. The number of nitrogens with one attached hydrogen (secondary N) is 1. The van der Waals surface area contributed by atoms with Gasteiger partial charge in [0.15, 0.2) is 0 Å². The molecular formula is C27H32ClFN6O4S. The number of benzene rings is 1. The minimum Gasteiger partial charge on any atom is -0.389 e. The fourth-order valence-electron chi connectivity index (χ4n) is 6.37. The van der Waals surface area contributed by atoms with E-state index in [1.165, 1.54) is 16.6 Å². The molecule has 2 aliphatic heterocycles. The maximum atomic E-state index is 15.7. The first-order chi connectivity index (χ1) is 18.6. The number of nitriles is 1. The van der Waals surface area contributed by atoms with Crippen molar-refractivity contribution in [2.45, 2.75) is 82.8 Å². The van der Waals surface area contributed by atoms with Gasteiger partial charge in [-0.15, -0.1) is 0 Å². The van der Waals surface area contributed by atoms with Crippen LogP contribution >= 0.6 is 11.6 Å². The van der Waals surface area contributed by atoms with Crippen LogP contribution in [0.1, 0.15) is 64.3 Å². The number of sulfonamides is 1. The highest BCUT2D eigenvalue weighted by molar-refractivity contribution is 7.88. The number of piperidine rings is 1. The van der Waals surface area contributed by atoms with E-state index in [2.05, 4.69) is 21.4 Å². The first-order valence-corrected chi connectivity index (χ1v) is 15.3. The second kappa shape index (κ2) is 9.92. The number of fused-ring (bicyclic) bond motifs is 3. The highest BCUT2D eigenvalue weighted by Gasteiger charge is 2.50. The molecule has 40 heavy (non-hydrogen) atoms. The SMILES string of the molecule is CC(C)n1c(C(C)(C)O)c(C#N)c2c(F)cc(-c3nc(N[C@@H]4C[C@H]5CC[C@@H]([C@H]4O)N5S(C)(=O)=O)ncc3Cl)cc21. The maximum absolute atomic E-state index is 15.7. The first kappa shape index (κ1) is 28.7. The molecule has 2 aromatic heterocycles. The number of rotatable bonds is 6. The molecule has 4 atom stereocenters. The number of hydrogen-bond acceptors (Lipinski definition) is 8. The number of aromatic nitrogens is 3. The lowest BCUT2D eigenvalue weighted by atomic mass is 9.96. The molecule has 2 bridgehead atoms. The van der Waals surface area contributed by atoms with Gasteiger partial charge >= 0.3 is 0 Å². The molecule has 0 saturated carbocycles. The highest BCUT2D eigenvalue weighted by Crippen LogP contribution is 2.41. The van der Waals surface area contributed by atoms with Crippen molar-refractivity contribution in [3.8, 4) is 17.3 Å². The monoisotopic (exact) mass is 590 g/mol. The second-order valence-corrected chi connectivity index (χ2v) is 13.8. The van der Waals surface area contributed by atoms with Gasteiger partial charge in [0.1, 0.15) is 17.5 Å². The molecule has 1 aromatic carbocycles. The Morgan fingerprint density at radius 3 is 2.60 bits per heavy atom. The molecule has 10 nitrogen and oxygen atoms in total. The zero-order chi connectivity index (χ0) is 29.3. The fraction of sp³-hybridized carbons (Fsp3) is 0.519. The van der Waals surface area contributed by atoms with Gasteiger partial charge in [0.25, 0.3) is 0 Å². The van der Waals surface area contributed by atoms with Crippen molar-refractivity contribution in [3.05, 3.63) is 40.4 Å². The van der Waals surface area contributed by atoms with Gasteiger partial charge in [-0.25, -0.2) is 22.8 Å². The number of anilines is 1. The van der Waals surface area contributed by atoms with Gasteiger partial charge in [0.05, 0.1) is 63.5 Å². The van der Waals surface area contributed by atoms with Crippen LogP contribution < -0.4 is 5.32 Å². The van der Waals surface area contributed by atoms with E-state index < -0.39 is 39.6 Å². The van der Waals surface area contributed by atoms with Crippen LogP contribution in [0.3, 0.4) is 0 Å². The minimum absolute atomic E-state index is 0.0699. The number of aliphatic hydroxyl groups is 2. The third-order valence-corrected chi connectivity index (χ3v) is 9.41. The topological polar surface area (TPSA) is 144 Å². The lowest BCUT2D eigenvalue weighted by Gasteiger charge is -2.41. The lowest BCUT2D eigenvalue weighted by molar-refractivity contribution is 0.0472. The summed E-state index contributed by atoms with van der Waals surface area (Å²) >= 11 is 6.47. The molecule has 2 saturated heterocycles. The molecule has 0 aliphatic carbocycles. The van der Waals surface area contributed by atoms with E-state index in [1.807, 2.05) is 13.8 Å².